The van der Waals surface area contributed by atoms with Gasteiger partial charge in [-0.2, -0.15) is 11.8 Å². The predicted molar refractivity (Wildman–Crippen MR) is 212 cm³/mol. The number of aliphatic hydroxyl groups excluding tert-OH is 1. The Morgan fingerprint density at radius 1 is 1.06 bits per heavy atom. The van der Waals surface area contributed by atoms with E-state index in [2.05, 4.69) is 98.1 Å². The fourth-order valence-electron chi connectivity index (χ4n) is 4.78. The van der Waals surface area contributed by atoms with Crippen molar-refractivity contribution >= 4 is 79.2 Å². The number of thioether (sulfide) groups is 2. The van der Waals surface area contributed by atoms with Crippen LogP contribution in [0, 0.1) is 5.92 Å². The Bertz CT molecular complexity index is 1390. The number of ether oxygens (including phenoxy) is 1. The average Bonchev–Trinajstić information content (AvgIpc) is 3.44. The number of halogens is 1. The molecule has 1 N–H and O–H groups in total. The first-order valence-electron chi connectivity index (χ1n) is 16.6. The fourth-order valence-corrected chi connectivity index (χ4v) is 11.1. The lowest BCUT2D eigenvalue weighted by Crippen LogP contribution is -2.43. The van der Waals surface area contributed by atoms with E-state index in [1.165, 1.54) is 16.7 Å². The molecule has 0 saturated carbocycles. The molecule has 1 aromatic carbocycles. The lowest BCUT2D eigenvalue weighted by Gasteiger charge is -2.39. The second-order valence-corrected chi connectivity index (χ2v) is 28.8. The molecule has 0 aliphatic heterocycles. The molecule has 1 heterocycles. The molecular formula is C36H57ClO5S3Si2. The number of hydrogen-bond donors (Lipinski definition) is 1. The van der Waals surface area contributed by atoms with E-state index in [9.17, 15) is 9.90 Å². The summed E-state index contributed by atoms with van der Waals surface area (Å²) in [7, 11) is -2.78. The van der Waals surface area contributed by atoms with Gasteiger partial charge in [0.15, 0.2) is 8.32 Å². The van der Waals surface area contributed by atoms with E-state index in [0.717, 1.165) is 46.9 Å². The molecule has 11 heteroatoms. The number of aryl methyl sites for hydroxylation is 1. The molecule has 2 aromatic rings. The van der Waals surface area contributed by atoms with Crippen molar-refractivity contribution in [2.45, 2.75) is 115 Å². The molecule has 1 aliphatic carbocycles. The third kappa shape index (κ3) is 11.1. The summed E-state index contributed by atoms with van der Waals surface area (Å²) in [5, 5.41) is 13.5. The lowest BCUT2D eigenvalue weighted by atomic mass is 10.0. The maximum Gasteiger partial charge on any atom is 0.315 e. The van der Waals surface area contributed by atoms with E-state index in [0.29, 0.717) is 5.75 Å². The summed E-state index contributed by atoms with van der Waals surface area (Å²) in [5.74, 6) is 2.75. The molecule has 4 atom stereocenters. The number of hydrogen-bond acceptors (Lipinski definition) is 8. The number of rotatable bonds is 16. The highest BCUT2D eigenvalue weighted by atomic mass is 35.5. The standard InChI is InChI=1S/C36H57ClO5S3Si2/c1-35(2,3)46(8,9)41-25(18-20-31-33(37)27-15-12-13-16-30(27)45-31)17-19-26-28(38)23-29(42-47(10,11)36(4,5)6)34(26)44-22-14-21-43-24-32(39)40-7/h12-13,15-17,19,23,25-26,28,34,38H,14,18,20-22,24H2,1-11H3/t25?,26?,28-,34-/m1/s1. The SMILES string of the molecule is COC(=O)CSCCCS[C@H]1C(O[Si](C)(C)C(C)(C)C)=C[C@@H](O)C1C=CC(CCc1sc2ccccc2c1Cl)O[Si](C)(C)C(C)(C)C. The van der Waals surface area contributed by atoms with Gasteiger partial charge in [0.25, 0.3) is 0 Å². The molecule has 1 aromatic heterocycles. The summed E-state index contributed by atoms with van der Waals surface area (Å²) in [6.45, 7) is 22.7. The largest absolute Gasteiger partial charge is 0.546 e. The van der Waals surface area contributed by atoms with Gasteiger partial charge in [0, 0.05) is 20.9 Å². The minimum Gasteiger partial charge on any atom is -0.546 e. The Labute approximate surface area is 303 Å². The molecule has 47 heavy (non-hydrogen) atoms. The van der Waals surface area contributed by atoms with Crippen LogP contribution >= 0.6 is 46.5 Å². The van der Waals surface area contributed by atoms with E-state index >= 15 is 0 Å². The molecule has 5 nitrogen and oxygen atoms in total. The number of benzene rings is 1. The molecule has 0 fully saturated rings. The highest BCUT2D eigenvalue weighted by molar-refractivity contribution is 8.00. The van der Waals surface area contributed by atoms with Crippen molar-refractivity contribution in [2.75, 3.05) is 24.4 Å². The summed E-state index contributed by atoms with van der Waals surface area (Å²) in [4.78, 5) is 12.7. The Morgan fingerprint density at radius 2 is 1.72 bits per heavy atom. The van der Waals surface area contributed by atoms with Gasteiger partial charge in [0.1, 0.15) is 0 Å². The van der Waals surface area contributed by atoms with Gasteiger partial charge in [-0.05, 0) is 79.2 Å². The van der Waals surface area contributed by atoms with Crippen LogP contribution in [0.4, 0.5) is 0 Å². The summed E-state index contributed by atoms with van der Waals surface area (Å²) < 4.78 is 19.9. The van der Waals surface area contributed by atoms with E-state index in [-0.39, 0.29) is 33.3 Å². The molecule has 3 rings (SSSR count). The van der Waals surface area contributed by atoms with Crippen LogP contribution in [0.25, 0.3) is 10.1 Å². The van der Waals surface area contributed by atoms with E-state index < -0.39 is 22.7 Å². The van der Waals surface area contributed by atoms with Gasteiger partial charge in [-0.3, -0.25) is 4.79 Å². The Balaban J connectivity index is 1.84. The summed E-state index contributed by atoms with van der Waals surface area (Å²) >= 11 is 12.1. The van der Waals surface area contributed by atoms with Crippen molar-refractivity contribution in [3.63, 3.8) is 0 Å². The molecule has 1 aliphatic rings. The number of carbonyl (C=O) groups excluding carboxylic acids is 1. The van der Waals surface area contributed by atoms with Gasteiger partial charge in [0.05, 0.1) is 41.1 Å². The minimum absolute atomic E-state index is 0.00606. The molecule has 0 saturated heterocycles. The zero-order valence-electron chi connectivity index (χ0n) is 30.3. The monoisotopic (exact) mass is 756 g/mol. The first-order valence-corrected chi connectivity index (χ1v) is 25.9. The van der Waals surface area contributed by atoms with Crippen molar-refractivity contribution in [3.8, 4) is 0 Å². The van der Waals surface area contributed by atoms with Gasteiger partial charge < -0.3 is 18.7 Å². The Morgan fingerprint density at radius 3 is 2.34 bits per heavy atom. The molecule has 0 radical (unpaired) electrons. The molecule has 0 amide bonds. The van der Waals surface area contributed by atoms with Crippen LogP contribution < -0.4 is 0 Å². The van der Waals surface area contributed by atoms with E-state index in [1.807, 2.05) is 23.9 Å². The highest BCUT2D eigenvalue weighted by Gasteiger charge is 2.44. The van der Waals surface area contributed by atoms with Crippen LogP contribution in [0.2, 0.25) is 41.3 Å². The quantitative estimate of drug-likeness (QED) is 0.0792. The van der Waals surface area contributed by atoms with Gasteiger partial charge in [-0.1, -0.05) is 83.5 Å². The average molecular weight is 758 g/mol. The van der Waals surface area contributed by atoms with Crippen molar-refractivity contribution in [1.82, 2.24) is 0 Å². The number of fused-ring (bicyclic) bond motifs is 1. The van der Waals surface area contributed by atoms with Crippen molar-refractivity contribution in [3.05, 3.63) is 58.2 Å². The smallest absolute Gasteiger partial charge is 0.315 e. The molecule has 2 unspecified atom stereocenters. The number of esters is 1. The number of carbonyl (C=O) groups is 1. The maximum absolute atomic E-state index is 11.5. The van der Waals surface area contributed by atoms with Gasteiger partial charge in [-0.15, -0.1) is 23.1 Å². The molecule has 0 bridgehead atoms. The van der Waals surface area contributed by atoms with Gasteiger partial charge >= 0.3 is 5.97 Å². The number of thiophene rings is 1. The van der Waals surface area contributed by atoms with Crippen LogP contribution in [0.3, 0.4) is 0 Å². The second kappa shape index (κ2) is 17.0. The fraction of sp³-hybridized carbons (Fsp3) is 0.639. The molecule has 264 valence electrons. The Kier molecular flexibility index (Phi) is 14.7. The van der Waals surface area contributed by atoms with Crippen molar-refractivity contribution in [1.29, 1.82) is 0 Å². The lowest BCUT2D eigenvalue weighted by molar-refractivity contribution is -0.137. The topological polar surface area (TPSA) is 65.0 Å². The highest BCUT2D eigenvalue weighted by Crippen LogP contribution is 2.45. The zero-order valence-corrected chi connectivity index (χ0v) is 35.5. The van der Waals surface area contributed by atoms with Crippen LogP contribution in [-0.4, -0.2) is 69.5 Å². The summed E-state index contributed by atoms with van der Waals surface area (Å²) in [6.07, 6.45) is 8.20. The third-order valence-corrected chi connectivity index (χ3v) is 22.9. The van der Waals surface area contributed by atoms with Crippen LogP contribution in [0.5, 0.6) is 0 Å². The second-order valence-electron chi connectivity index (χ2n) is 15.4. The minimum atomic E-state index is -2.12. The zero-order chi connectivity index (χ0) is 35.2. The number of aliphatic hydroxyl groups is 1. The summed E-state index contributed by atoms with van der Waals surface area (Å²) in [5.41, 5.74) is 0. The first kappa shape index (κ1) is 40.7. The van der Waals surface area contributed by atoms with Crippen molar-refractivity contribution < 1.29 is 23.5 Å². The number of methoxy groups -OCH3 is 1. The molecule has 0 spiro atoms. The van der Waals surface area contributed by atoms with Gasteiger partial charge in [-0.25, -0.2) is 0 Å². The van der Waals surface area contributed by atoms with Crippen LogP contribution in [-0.2, 0) is 24.8 Å². The van der Waals surface area contributed by atoms with Crippen LogP contribution in [0.1, 0.15) is 59.3 Å². The van der Waals surface area contributed by atoms with Crippen molar-refractivity contribution in [2.24, 2.45) is 5.92 Å². The Hall–Kier alpha value is -0.726. The predicted octanol–water partition coefficient (Wildman–Crippen LogP) is 10.7. The summed E-state index contributed by atoms with van der Waals surface area (Å²) in [6, 6.07) is 8.32. The van der Waals surface area contributed by atoms with E-state index in [4.69, 9.17) is 25.2 Å². The van der Waals surface area contributed by atoms with E-state index in [1.54, 1.807) is 23.1 Å². The van der Waals surface area contributed by atoms with Gasteiger partial charge in [0.2, 0.25) is 8.32 Å². The first-order chi connectivity index (χ1) is 21.8. The normalized spacial score (nSPS) is 20.2. The molecular weight excluding hydrogens is 700 g/mol. The third-order valence-electron chi connectivity index (χ3n) is 9.77. The maximum atomic E-state index is 11.5. The van der Waals surface area contributed by atoms with Crippen LogP contribution in [0.15, 0.2) is 48.3 Å².